The third-order valence-electron chi connectivity index (χ3n) is 2.44. The first-order chi connectivity index (χ1) is 8.66. The lowest BCUT2D eigenvalue weighted by molar-refractivity contribution is -0.119. The van der Waals surface area contributed by atoms with Gasteiger partial charge < -0.3 is 10.6 Å². The van der Waals surface area contributed by atoms with Crippen molar-refractivity contribution >= 4 is 40.6 Å². The fourth-order valence-electron chi connectivity index (χ4n) is 1.58. The number of aromatic nitrogens is 1. The van der Waals surface area contributed by atoms with Crippen molar-refractivity contribution < 1.29 is 4.79 Å². The molecule has 2 N–H and O–H groups in total. The van der Waals surface area contributed by atoms with Gasteiger partial charge in [-0.15, -0.1) is 0 Å². The predicted molar refractivity (Wildman–Crippen MR) is 76.0 cm³/mol. The molecule has 0 radical (unpaired) electrons. The molecule has 1 amide bonds. The minimum absolute atomic E-state index is 0.164. The zero-order chi connectivity index (χ0) is 13.0. The van der Waals surface area contributed by atoms with Gasteiger partial charge in [-0.25, -0.2) is 0 Å². The number of carbonyl (C=O) groups is 1. The van der Waals surface area contributed by atoms with Crippen molar-refractivity contribution in [3.05, 3.63) is 30.1 Å². The fourth-order valence-corrected chi connectivity index (χ4v) is 2.22. The third kappa shape index (κ3) is 3.21. The van der Waals surface area contributed by atoms with E-state index in [2.05, 4.69) is 15.6 Å². The summed E-state index contributed by atoms with van der Waals surface area (Å²) in [5, 5.41) is 6.55. The molecule has 2 rings (SSSR count). The second-order valence-corrected chi connectivity index (χ2v) is 4.55. The summed E-state index contributed by atoms with van der Waals surface area (Å²) in [7, 11) is 0. The first-order valence-corrected chi connectivity index (χ1v) is 6.26. The summed E-state index contributed by atoms with van der Waals surface area (Å²) in [4.78, 5) is 17.4. The van der Waals surface area contributed by atoms with E-state index in [0.29, 0.717) is 16.8 Å². The summed E-state index contributed by atoms with van der Waals surface area (Å²) in [6, 6.07) is 3.64. The van der Waals surface area contributed by atoms with Gasteiger partial charge in [0.05, 0.1) is 6.42 Å². The van der Waals surface area contributed by atoms with Crippen molar-refractivity contribution in [2.75, 3.05) is 13.1 Å². The van der Waals surface area contributed by atoms with Crippen LogP contribution in [0, 0.1) is 0 Å². The standard InChI is InChI=1S/C11H12N4OS2/c16-9(6-8-2-1-3-12-7-8)14-11(18)15-5-4-13-10(15)17/h1-3,7H,4-6H2,(H,13,17)(H,14,16,18). The second-order valence-electron chi connectivity index (χ2n) is 3.77. The Morgan fingerprint density at radius 3 is 3.06 bits per heavy atom. The Morgan fingerprint density at radius 2 is 2.44 bits per heavy atom. The maximum absolute atomic E-state index is 11.8. The number of hydrogen-bond donors (Lipinski definition) is 2. The van der Waals surface area contributed by atoms with Crippen LogP contribution >= 0.6 is 24.4 Å². The van der Waals surface area contributed by atoms with Crippen molar-refractivity contribution in [3.63, 3.8) is 0 Å². The van der Waals surface area contributed by atoms with Crippen LogP contribution < -0.4 is 10.6 Å². The van der Waals surface area contributed by atoms with E-state index < -0.39 is 0 Å². The molecule has 1 fully saturated rings. The highest BCUT2D eigenvalue weighted by Crippen LogP contribution is 2.00. The van der Waals surface area contributed by atoms with Crippen molar-refractivity contribution in [1.29, 1.82) is 0 Å². The summed E-state index contributed by atoms with van der Waals surface area (Å²) < 4.78 is 0. The molecule has 5 nitrogen and oxygen atoms in total. The van der Waals surface area contributed by atoms with Crippen LogP contribution in [-0.2, 0) is 11.2 Å². The summed E-state index contributed by atoms with van der Waals surface area (Å²) in [6.45, 7) is 1.43. The molecule has 0 aromatic carbocycles. The molecule has 94 valence electrons. The van der Waals surface area contributed by atoms with Gasteiger partial charge in [0.2, 0.25) is 5.91 Å². The molecular formula is C11H12N4OS2. The Labute approximate surface area is 116 Å². The second kappa shape index (κ2) is 5.83. The molecular weight excluding hydrogens is 268 g/mol. The highest BCUT2D eigenvalue weighted by atomic mass is 32.1. The largest absolute Gasteiger partial charge is 0.360 e. The van der Waals surface area contributed by atoms with Gasteiger partial charge in [-0.05, 0) is 36.1 Å². The molecule has 7 heteroatoms. The number of nitrogens with zero attached hydrogens (tertiary/aromatic N) is 2. The highest BCUT2D eigenvalue weighted by molar-refractivity contribution is 7.81. The molecule has 1 saturated heterocycles. The molecule has 18 heavy (non-hydrogen) atoms. The van der Waals surface area contributed by atoms with Gasteiger partial charge >= 0.3 is 0 Å². The Kier molecular flexibility index (Phi) is 4.16. The van der Waals surface area contributed by atoms with E-state index in [0.717, 1.165) is 12.1 Å². The van der Waals surface area contributed by atoms with Crippen molar-refractivity contribution in [2.45, 2.75) is 6.42 Å². The SMILES string of the molecule is O=C(Cc1cccnc1)NC(=S)N1CCNC1=S. The van der Waals surface area contributed by atoms with Crippen molar-refractivity contribution in [1.82, 2.24) is 20.5 Å². The molecule has 1 aromatic heterocycles. The van der Waals surface area contributed by atoms with E-state index in [9.17, 15) is 4.79 Å². The fraction of sp³-hybridized carbons (Fsp3) is 0.273. The molecule has 0 aliphatic carbocycles. The molecule has 1 aromatic rings. The van der Waals surface area contributed by atoms with Gasteiger partial charge in [-0.3, -0.25) is 14.7 Å². The van der Waals surface area contributed by atoms with Crippen LogP contribution in [0.2, 0.25) is 0 Å². The molecule has 0 spiro atoms. The number of hydrogen-bond acceptors (Lipinski definition) is 4. The van der Waals surface area contributed by atoms with Gasteiger partial charge in [-0.2, -0.15) is 0 Å². The lowest BCUT2D eigenvalue weighted by Gasteiger charge is -2.17. The summed E-state index contributed by atoms with van der Waals surface area (Å²) >= 11 is 10.2. The molecule has 0 atom stereocenters. The Balaban J connectivity index is 1.88. The first-order valence-electron chi connectivity index (χ1n) is 5.45. The van der Waals surface area contributed by atoms with Crippen LogP contribution in [0.1, 0.15) is 5.56 Å². The lowest BCUT2D eigenvalue weighted by atomic mass is 10.2. The van der Waals surface area contributed by atoms with Gasteiger partial charge in [0.15, 0.2) is 10.2 Å². The number of nitrogens with one attached hydrogen (secondary N) is 2. The zero-order valence-electron chi connectivity index (χ0n) is 9.55. The minimum Gasteiger partial charge on any atom is -0.360 e. The van der Waals surface area contributed by atoms with Crippen LogP contribution in [0.3, 0.4) is 0 Å². The van der Waals surface area contributed by atoms with E-state index in [1.807, 2.05) is 6.07 Å². The van der Waals surface area contributed by atoms with E-state index in [-0.39, 0.29) is 12.3 Å². The normalized spacial score (nSPS) is 14.2. The average Bonchev–Trinajstić information content (AvgIpc) is 2.76. The maximum atomic E-state index is 11.8. The Hall–Kier alpha value is -1.60. The monoisotopic (exact) mass is 280 g/mol. The van der Waals surface area contributed by atoms with Gasteiger partial charge in [0.1, 0.15) is 0 Å². The summed E-state index contributed by atoms with van der Waals surface area (Å²) in [5.41, 5.74) is 0.847. The molecule has 2 heterocycles. The first kappa shape index (κ1) is 12.8. The van der Waals surface area contributed by atoms with Crippen LogP contribution in [0.5, 0.6) is 0 Å². The topological polar surface area (TPSA) is 57.3 Å². The number of amides is 1. The Bertz CT molecular complexity index is 477. The number of thiocarbonyl (C=S) groups is 2. The smallest absolute Gasteiger partial charge is 0.230 e. The molecule has 0 unspecified atom stereocenters. The van der Waals surface area contributed by atoms with Crippen molar-refractivity contribution in [2.24, 2.45) is 0 Å². The van der Waals surface area contributed by atoms with Crippen LogP contribution in [0.15, 0.2) is 24.5 Å². The molecule has 1 aliphatic heterocycles. The van der Waals surface area contributed by atoms with Crippen LogP contribution in [-0.4, -0.2) is 39.1 Å². The average molecular weight is 280 g/mol. The number of rotatable bonds is 2. The van der Waals surface area contributed by atoms with E-state index in [1.165, 1.54) is 0 Å². The van der Waals surface area contributed by atoms with Crippen molar-refractivity contribution in [3.8, 4) is 0 Å². The minimum atomic E-state index is -0.164. The molecule has 0 saturated carbocycles. The summed E-state index contributed by atoms with van der Waals surface area (Å²) in [5.74, 6) is -0.164. The van der Waals surface area contributed by atoms with Gasteiger partial charge in [-0.1, -0.05) is 6.07 Å². The van der Waals surface area contributed by atoms with Gasteiger partial charge in [0.25, 0.3) is 0 Å². The lowest BCUT2D eigenvalue weighted by Crippen LogP contribution is -2.44. The maximum Gasteiger partial charge on any atom is 0.230 e. The van der Waals surface area contributed by atoms with E-state index in [4.69, 9.17) is 24.4 Å². The van der Waals surface area contributed by atoms with E-state index in [1.54, 1.807) is 23.4 Å². The molecule has 0 bridgehead atoms. The molecule has 1 aliphatic rings. The van der Waals surface area contributed by atoms with Crippen LogP contribution in [0.25, 0.3) is 0 Å². The highest BCUT2D eigenvalue weighted by Gasteiger charge is 2.21. The number of carbonyl (C=O) groups excluding carboxylic acids is 1. The quantitative estimate of drug-likeness (QED) is 0.756. The zero-order valence-corrected chi connectivity index (χ0v) is 11.2. The summed E-state index contributed by atoms with van der Waals surface area (Å²) in [6.07, 6.45) is 3.58. The van der Waals surface area contributed by atoms with E-state index >= 15 is 0 Å². The van der Waals surface area contributed by atoms with Crippen LogP contribution in [0.4, 0.5) is 0 Å². The third-order valence-corrected chi connectivity index (χ3v) is 3.12. The number of pyridine rings is 1. The van der Waals surface area contributed by atoms with Gasteiger partial charge in [0, 0.05) is 25.5 Å². The Morgan fingerprint density at radius 1 is 1.61 bits per heavy atom. The predicted octanol–water partition coefficient (Wildman–Crippen LogP) is 0.215.